The number of nitrogens with zero attached hydrogens (tertiary/aromatic N) is 1. The number of carbonyl (C=O) groups excluding carboxylic acids is 1. The number of amides is 1. The van der Waals surface area contributed by atoms with Gasteiger partial charge in [0, 0.05) is 24.8 Å². The van der Waals surface area contributed by atoms with Crippen LogP contribution in [0.2, 0.25) is 0 Å². The van der Waals surface area contributed by atoms with Crippen LogP contribution in [0.15, 0.2) is 36.5 Å². The van der Waals surface area contributed by atoms with Gasteiger partial charge in [-0.1, -0.05) is 25.1 Å². The minimum Gasteiger partial charge on any atom is -0.381 e. The van der Waals surface area contributed by atoms with Crippen molar-refractivity contribution in [2.75, 3.05) is 23.8 Å². The van der Waals surface area contributed by atoms with E-state index in [4.69, 9.17) is 4.74 Å². The Bertz CT molecular complexity index is 722. The van der Waals surface area contributed by atoms with Crippen molar-refractivity contribution in [3.05, 3.63) is 47.7 Å². The minimum atomic E-state index is 0.0330. The normalized spacial score (nSPS) is 15.0. The molecule has 1 fully saturated rings. The zero-order chi connectivity index (χ0) is 17.6. The monoisotopic (exact) mass is 339 g/mol. The Labute approximate surface area is 148 Å². The minimum absolute atomic E-state index is 0.0330. The van der Waals surface area contributed by atoms with Crippen LogP contribution in [0, 0.1) is 12.8 Å². The van der Waals surface area contributed by atoms with Crippen molar-refractivity contribution >= 4 is 23.1 Å². The molecule has 0 unspecified atom stereocenters. The molecule has 5 nitrogen and oxygen atoms in total. The maximum atomic E-state index is 12.3. The van der Waals surface area contributed by atoms with Crippen molar-refractivity contribution in [3.63, 3.8) is 0 Å². The summed E-state index contributed by atoms with van der Waals surface area (Å²) in [6.07, 6.45) is 4.23. The molecule has 0 saturated carbocycles. The second-order valence-electron chi connectivity index (χ2n) is 6.40. The molecule has 1 aromatic heterocycles. The lowest BCUT2D eigenvalue weighted by atomic mass is 9.99. The van der Waals surface area contributed by atoms with Gasteiger partial charge in [0.05, 0.1) is 11.9 Å². The predicted octanol–water partition coefficient (Wildman–Crippen LogP) is 4.06. The van der Waals surface area contributed by atoms with Crippen LogP contribution in [0.5, 0.6) is 0 Å². The van der Waals surface area contributed by atoms with Crippen molar-refractivity contribution in [2.24, 2.45) is 5.92 Å². The number of rotatable bonds is 5. The molecule has 1 aromatic carbocycles. The summed E-state index contributed by atoms with van der Waals surface area (Å²) in [4.78, 5) is 16.7. The molecule has 0 spiro atoms. The smallest absolute Gasteiger partial charge is 0.227 e. The van der Waals surface area contributed by atoms with Crippen LogP contribution in [0.4, 0.5) is 17.2 Å². The summed E-state index contributed by atoms with van der Waals surface area (Å²) in [5.74, 6) is 0.858. The summed E-state index contributed by atoms with van der Waals surface area (Å²) in [6.45, 7) is 5.55. The zero-order valence-electron chi connectivity index (χ0n) is 14.8. The summed E-state index contributed by atoms with van der Waals surface area (Å²) < 4.78 is 5.30. The fourth-order valence-corrected chi connectivity index (χ4v) is 3.08. The number of hydrogen-bond donors (Lipinski definition) is 2. The third-order valence-corrected chi connectivity index (χ3v) is 4.62. The lowest BCUT2D eigenvalue weighted by Gasteiger charge is -2.21. The Kier molecular flexibility index (Phi) is 5.66. The zero-order valence-corrected chi connectivity index (χ0v) is 14.8. The second-order valence-corrected chi connectivity index (χ2v) is 6.40. The number of nitrogens with one attached hydrogen (secondary N) is 2. The molecular weight excluding hydrogens is 314 g/mol. The van der Waals surface area contributed by atoms with Gasteiger partial charge in [-0.15, -0.1) is 0 Å². The molecule has 0 aliphatic carbocycles. The summed E-state index contributed by atoms with van der Waals surface area (Å²) in [6, 6.07) is 10.1. The van der Waals surface area contributed by atoms with E-state index >= 15 is 0 Å². The lowest BCUT2D eigenvalue weighted by molar-refractivity contribution is -0.122. The number of pyridine rings is 1. The average Bonchev–Trinajstić information content (AvgIpc) is 2.65. The maximum absolute atomic E-state index is 12.3. The maximum Gasteiger partial charge on any atom is 0.227 e. The highest BCUT2D eigenvalue weighted by Crippen LogP contribution is 2.25. The summed E-state index contributed by atoms with van der Waals surface area (Å²) in [5.41, 5.74) is 4.29. The van der Waals surface area contributed by atoms with Crippen LogP contribution in [0.3, 0.4) is 0 Å². The van der Waals surface area contributed by atoms with Gasteiger partial charge in [0.2, 0.25) is 5.91 Å². The average molecular weight is 339 g/mol. The number of aryl methyl sites for hydroxylation is 2. The van der Waals surface area contributed by atoms with Gasteiger partial charge in [-0.25, -0.2) is 4.98 Å². The molecule has 1 amide bonds. The largest absolute Gasteiger partial charge is 0.381 e. The standard InChI is InChI=1S/C20H25N3O2/c1-3-15-6-4-5-14(2)19(15)23-18-8-7-17(13-21-18)22-20(24)16-9-11-25-12-10-16/h4-8,13,16H,3,9-12H2,1-2H3,(H,21,23)(H,22,24). The van der Waals surface area contributed by atoms with Crippen molar-refractivity contribution in [3.8, 4) is 0 Å². The molecule has 0 bridgehead atoms. The molecule has 1 aliphatic heterocycles. The third-order valence-electron chi connectivity index (χ3n) is 4.62. The Morgan fingerprint density at radius 3 is 2.72 bits per heavy atom. The van der Waals surface area contributed by atoms with Gasteiger partial charge in [-0.2, -0.15) is 0 Å². The quantitative estimate of drug-likeness (QED) is 0.862. The molecule has 1 saturated heterocycles. The summed E-state index contributed by atoms with van der Waals surface area (Å²) in [5, 5.41) is 6.35. The van der Waals surface area contributed by atoms with E-state index in [-0.39, 0.29) is 11.8 Å². The van der Waals surface area contributed by atoms with E-state index in [2.05, 4.69) is 47.7 Å². The molecule has 132 valence electrons. The van der Waals surface area contributed by atoms with Gasteiger partial charge in [-0.3, -0.25) is 4.79 Å². The van der Waals surface area contributed by atoms with Crippen molar-refractivity contribution in [1.82, 2.24) is 4.98 Å². The van der Waals surface area contributed by atoms with Gasteiger partial charge in [-0.05, 0) is 49.4 Å². The van der Waals surface area contributed by atoms with Gasteiger partial charge in [0.15, 0.2) is 0 Å². The number of para-hydroxylation sites is 1. The highest BCUT2D eigenvalue weighted by Gasteiger charge is 2.21. The van der Waals surface area contributed by atoms with Crippen LogP contribution < -0.4 is 10.6 Å². The van der Waals surface area contributed by atoms with Crippen molar-refractivity contribution in [1.29, 1.82) is 0 Å². The first-order chi connectivity index (χ1) is 12.2. The van der Waals surface area contributed by atoms with E-state index in [1.54, 1.807) is 6.20 Å². The molecule has 1 aliphatic rings. The first kappa shape index (κ1) is 17.4. The first-order valence-corrected chi connectivity index (χ1v) is 8.87. The highest BCUT2D eigenvalue weighted by molar-refractivity contribution is 5.92. The van der Waals surface area contributed by atoms with E-state index in [9.17, 15) is 4.79 Å². The molecule has 3 rings (SSSR count). The number of anilines is 3. The second kappa shape index (κ2) is 8.12. The Balaban J connectivity index is 1.65. The number of ether oxygens (including phenoxy) is 1. The van der Waals surface area contributed by atoms with Gasteiger partial charge in [0.1, 0.15) is 5.82 Å². The van der Waals surface area contributed by atoms with Crippen LogP contribution in [0.25, 0.3) is 0 Å². The predicted molar refractivity (Wildman–Crippen MR) is 100 cm³/mol. The number of aromatic nitrogens is 1. The SMILES string of the molecule is CCc1cccc(C)c1Nc1ccc(NC(=O)C2CCOCC2)cn1. The molecule has 2 heterocycles. The van der Waals surface area contributed by atoms with Gasteiger partial charge < -0.3 is 15.4 Å². The molecular formula is C20H25N3O2. The van der Waals surface area contributed by atoms with Crippen LogP contribution >= 0.6 is 0 Å². The van der Waals surface area contributed by atoms with Crippen molar-refractivity contribution < 1.29 is 9.53 Å². The Morgan fingerprint density at radius 1 is 1.24 bits per heavy atom. The number of hydrogen-bond acceptors (Lipinski definition) is 4. The Morgan fingerprint density at radius 2 is 2.04 bits per heavy atom. The van der Waals surface area contributed by atoms with E-state index in [0.29, 0.717) is 13.2 Å². The molecule has 0 atom stereocenters. The highest BCUT2D eigenvalue weighted by atomic mass is 16.5. The Hall–Kier alpha value is -2.40. The number of benzene rings is 1. The van der Waals surface area contributed by atoms with Crippen LogP contribution in [-0.4, -0.2) is 24.1 Å². The molecule has 0 radical (unpaired) electrons. The van der Waals surface area contributed by atoms with E-state index in [0.717, 1.165) is 36.5 Å². The van der Waals surface area contributed by atoms with Gasteiger partial charge >= 0.3 is 0 Å². The van der Waals surface area contributed by atoms with Gasteiger partial charge in [0.25, 0.3) is 0 Å². The van der Waals surface area contributed by atoms with Crippen LogP contribution in [0.1, 0.15) is 30.9 Å². The number of carbonyl (C=O) groups is 1. The third kappa shape index (κ3) is 4.37. The topological polar surface area (TPSA) is 63.2 Å². The molecule has 5 heteroatoms. The molecule has 2 N–H and O–H groups in total. The van der Waals surface area contributed by atoms with Crippen LogP contribution in [-0.2, 0) is 16.0 Å². The fraction of sp³-hybridized carbons (Fsp3) is 0.400. The fourth-order valence-electron chi connectivity index (χ4n) is 3.08. The molecule has 2 aromatic rings. The first-order valence-electron chi connectivity index (χ1n) is 8.87. The van der Waals surface area contributed by atoms with E-state index in [1.807, 2.05) is 12.1 Å². The summed E-state index contributed by atoms with van der Waals surface area (Å²) >= 11 is 0. The lowest BCUT2D eigenvalue weighted by Crippen LogP contribution is -2.28. The molecule has 25 heavy (non-hydrogen) atoms. The van der Waals surface area contributed by atoms with E-state index < -0.39 is 0 Å². The van der Waals surface area contributed by atoms with E-state index in [1.165, 1.54) is 11.1 Å². The summed E-state index contributed by atoms with van der Waals surface area (Å²) in [7, 11) is 0. The van der Waals surface area contributed by atoms with Crippen molar-refractivity contribution in [2.45, 2.75) is 33.1 Å².